The molecule has 0 radical (unpaired) electrons. The van der Waals surface area contributed by atoms with Gasteiger partial charge in [-0.3, -0.25) is 5.32 Å². The molecular formula is C16H23ClN2O. The van der Waals surface area contributed by atoms with E-state index in [-0.39, 0.29) is 18.3 Å². The Labute approximate surface area is 127 Å². The van der Waals surface area contributed by atoms with Crippen LogP contribution >= 0.6 is 12.4 Å². The monoisotopic (exact) mass is 294 g/mol. The van der Waals surface area contributed by atoms with Crippen LogP contribution in [0.4, 0.5) is 5.69 Å². The first-order valence-corrected chi connectivity index (χ1v) is 6.82. The predicted molar refractivity (Wildman–Crippen MR) is 86.8 cm³/mol. The van der Waals surface area contributed by atoms with Crippen LogP contribution in [-0.2, 0) is 6.42 Å². The molecule has 4 N–H and O–H groups in total. The minimum atomic E-state index is -0.919. The van der Waals surface area contributed by atoms with Gasteiger partial charge in [0.05, 0.1) is 0 Å². The third-order valence-corrected chi connectivity index (χ3v) is 3.61. The number of rotatable bonds is 5. The zero-order chi connectivity index (χ0) is 13.7. The molecule has 1 aromatic carbocycles. The van der Waals surface area contributed by atoms with E-state index in [1.165, 1.54) is 5.56 Å². The molecule has 1 aliphatic carbocycles. The summed E-state index contributed by atoms with van der Waals surface area (Å²) >= 11 is 0. The zero-order valence-electron chi connectivity index (χ0n) is 11.8. The van der Waals surface area contributed by atoms with Crippen LogP contribution in [-0.4, -0.2) is 17.4 Å². The van der Waals surface area contributed by atoms with Crippen LogP contribution in [0.5, 0.6) is 0 Å². The summed E-state index contributed by atoms with van der Waals surface area (Å²) < 4.78 is 0. The van der Waals surface area contributed by atoms with E-state index in [4.69, 9.17) is 5.73 Å². The van der Waals surface area contributed by atoms with Gasteiger partial charge in [-0.05, 0) is 36.6 Å². The summed E-state index contributed by atoms with van der Waals surface area (Å²) in [6, 6.07) is 7.86. The van der Waals surface area contributed by atoms with Crippen LogP contribution in [0.2, 0.25) is 0 Å². The van der Waals surface area contributed by atoms with Crippen molar-refractivity contribution >= 4 is 18.1 Å². The van der Waals surface area contributed by atoms with Crippen LogP contribution in [0.1, 0.15) is 18.9 Å². The van der Waals surface area contributed by atoms with Gasteiger partial charge in [-0.15, -0.1) is 12.4 Å². The first kappa shape index (κ1) is 16.8. The van der Waals surface area contributed by atoms with Crippen molar-refractivity contribution < 1.29 is 5.11 Å². The Morgan fingerprint density at radius 3 is 2.60 bits per heavy atom. The molecule has 0 spiro atoms. The maximum atomic E-state index is 10.6. The van der Waals surface area contributed by atoms with Crippen molar-refractivity contribution in [1.29, 1.82) is 0 Å². The van der Waals surface area contributed by atoms with E-state index < -0.39 is 5.72 Å². The number of nitrogens with one attached hydrogen (secondary N) is 1. The smallest absolute Gasteiger partial charge is 0.141 e. The first-order valence-electron chi connectivity index (χ1n) is 6.82. The van der Waals surface area contributed by atoms with Gasteiger partial charge in [0, 0.05) is 18.2 Å². The molecule has 0 fully saturated rings. The molecule has 1 aliphatic rings. The van der Waals surface area contributed by atoms with Crippen LogP contribution in [0.25, 0.3) is 0 Å². The number of aliphatic hydroxyl groups is 1. The summed E-state index contributed by atoms with van der Waals surface area (Å²) in [5.41, 5.74) is 6.73. The van der Waals surface area contributed by atoms with Crippen LogP contribution in [0.15, 0.2) is 48.6 Å². The van der Waals surface area contributed by atoms with Crippen molar-refractivity contribution in [2.45, 2.75) is 25.5 Å². The average molecular weight is 295 g/mol. The van der Waals surface area contributed by atoms with Gasteiger partial charge >= 0.3 is 0 Å². The van der Waals surface area contributed by atoms with E-state index in [2.05, 4.69) is 18.3 Å². The second-order valence-electron chi connectivity index (χ2n) is 5.00. The van der Waals surface area contributed by atoms with Gasteiger partial charge in [-0.2, -0.15) is 0 Å². The average Bonchev–Trinajstić information content (AvgIpc) is 2.41. The Morgan fingerprint density at radius 1 is 1.25 bits per heavy atom. The van der Waals surface area contributed by atoms with Crippen LogP contribution in [0.3, 0.4) is 0 Å². The molecule has 0 bridgehead atoms. The highest BCUT2D eigenvalue weighted by molar-refractivity contribution is 5.85. The SMILES string of the molecule is CC[C@@H]1C=CC=CC1(O)NCCc1ccc(N)cc1.Cl. The Kier molecular flexibility index (Phi) is 6.27. The van der Waals surface area contributed by atoms with Crippen molar-refractivity contribution in [1.82, 2.24) is 5.32 Å². The maximum Gasteiger partial charge on any atom is 0.141 e. The third-order valence-electron chi connectivity index (χ3n) is 3.61. The second kappa shape index (κ2) is 7.48. The van der Waals surface area contributed by atoms with Gasteiger partial charge in [0.25, 0.3) is 0 Å². The van der Waals surface area contributed by atoms with Crippen molar-refractivity contribution in [3.8, 4) is 0 Å². The highest BCUT2D eigenvalue weighted by Gasteiger charge is 2.31. The summed E-state index contributed by atoms with van der Waals surface area (Å²) in [7, 11) is 0. The summed E-state index contributed by atoms with van der Waals surface area (Å²) in [6.45, 7) is 2.82. The standard InChI is InChI=1S/C16H22N2O.ClH/c1-2-14-5-3-4-11-16(14,19)18-12-10-13-6-8-15(17)9-7-13;/h3-9,11,14,18-19H,2,10,12,17H2,1H3;1H/t14-,16?;/m1./s1. The van der Waals surface area contributed by atoms with Gasteiger partial charge in [-0.1, -0.05) is 37.3 Å². The van der Waals surface area contributed by atoms with Gasteiger partial charge < -0.3 is 10.8 Å². The Balaban J connectivity index is 0.00000200. The lowest BCUT2D eigenvalue weighted by Gasteiger charge is -2.34. The number of nitrogens with two attached hydrogens (primary N) is 1. The normalized spacial score (nSPS) is 24.4. The number of anilines is 1. The summed E-state index contributed by atoms with van der Waals surface area (Å²) in [4.78, 5) is 0. The molecule has 20 heavy (non-hydrogen) atoms. The van der Waals surface area contributed by atoms with Crippen molar-refractivity contribution in [2.75, 3.05) is 12.3 Å². The number of allylic oxidation sites excluding steroid dienone is 2. The number of benzene rings is 1. The molecule has 0 heterocycles. The molecule has 0 aliphatic heterocycles. The Morgan fingerprint density at radius 2 is 1.95 bits per heavy atom. The van der Waals surface area contributed by atoms with Crippen LogP contribution in [0, 0.1) is 5.92 Å². The van der Waals surface area contributed by atoms with Crippen molar-refractivity contribution in [3.63, 3.8) is 0 Å². The fourth-order valence-corrected chi connectivity index (χ4v) is 2.40. The van der Waals surface area contributed by atoms with E-state index in [9.17, 15) is 5.11 Å². The molecule has 2 rings (SSSR count). The molecule has 0 aromatic heterocycles. The molecule has 110 valence electrons. The van der Waals surface area contributed by atoms with Gasteiger partial charge in [0.1, 0.15) is 5.72 Å². The fourth-order valence-electron chi connectivity index (χ4n) is 2.40. The molecule has 0 saturated carbocycles. The lowest BCUT2D eigenvalue weighted by atomic mass is 9.89. The van der Waals surface area contributed by atoms with E-state index in [1.807, 2.05) is 42.5 Å². The zero-order valence-corrected chi connectivity index (χ0v) is 12.6. The number of halogens is 1. The Hall–Kier alpha value is -1.29. The number of hydrogen-bond acceptors (Lipinski definition) is 3. The second-order valence-corrected chi connectivity index (χ2v) is 5.00. The summed E-state index contributed by atoms with van der Waals surface area (Å²) in [5, 5.41) is 13.8. The molecule has 0 saturated heterocycles. The molecule has 3 nitrogen and oxygen atoms in total. The van der Waals surface area contributed by atoms with Crippen molar-refractivity contribution in [3.05, 3.63) is 54.1 Å². The van der Waals surface area contributed by atoms with Gasteiger partial charge in [0.15, 0.2) is 0 Å². The van der Waals surface area contributed by atoms with Gasteiger partial charge in [0.2, 0.25) is 0 Å². The first-order chi connectivity index (χ1) is 9.14. The summed E-state index contributed by atoms with van der Waals surface area (Å²) in [5.74, 6) is 0.129. The molecule has 0 amide bonds. The minimum absolute atomic E-state index is 0. The predicted octanol–water partition coefficient (Wildman–Crippen LogP) is 2.66. The highest BCUT2D eigenvalue weighted by Crippen LogP contribution is 2.24. The quantitative estimate of drug-likeness (QED) is 0.578. The third kappa shape index (κ3) is 4.10. The van der Waals surface area contributed by atoms with E-state index in [0.29, 0.717) is 0 Å². The van der Waals surface area contributed by atoms with E-state index >= 15 is 0 Å². The van der Waals surface area contributed by atoms with E-state index in [1.54, 1.807) is 0 Å². The number of nitrogen functional groups attached to an aromatic ring is 1. The lowest BCUT2D eigenvalue weighted by Crippen LogP contribution is -2.50. The maximum absolute atomic E-state index is 10.6. The molecule has 2 atom stereocenters. The Bertz CT molecular complexity index is 470. The summed E-state index contributed by atoms with van der Waals surface area (Å²) in [6.07, 6.45) is 9.55. The largest absolute Gasteiger partial charge is 0.399 e. The van der Waals surface area contributed by atoms with Crippen LogP contribution < -0.4 is 11.1 Å². The molecular weight excluding hydrogens is 272 g/mol. The highest BCUT2D eigenvalue weighted by atomic mass is 35.5. The van der Waals surface area contributed by atoms with Crippen molar-refractivity contribution in [2.24, 2.45) is 5.92 Å². The minimum Gasteiger partial charge on any atom is -0.399 e. The number of hydrogen-bond donors (Lipinski definition) is 3. The van der Waals surface area contributed by atoms with Gasteiger partial charge in [-0.25, -0.2) is 0 Å². The lowest BCUT2D eigenvalue weighted by molar-refractivity contribution is 0.0116. The molecule has 4 heteroatoms. The fraction of sp³-hybridized carbons (Fsp3) is 0.375. The van der Waals surface area contributed by atoms with E-state index in [0.717, 1.165) is 25.1 Å². The molecule has 1 unspecified atom stereocenters. The topological polar surface area (TPSA) is 58.3 Å². The molecule has 1 aromatic rings.